The smallest absolute Gasteiger partial charge is 0.494 e. The second-order valence-electron chi connectivity index (χ2n) is 8.45. The van der Waals surface area contributed by atoms with E-state index in [1.165, 1.54) is 32.2 Å². The van der Waals surface area contributed by atoms with Gasteiger partial charge >= 0.3 is 41.4 Å². The van der Waals surface area contributed by atoms with Crippen LogP contribution < -0.4 is 45.5 Å². The van der Waals surface area contributed by atoms with E-state index in [4.69, 9.17) is 4.74 Å². The van der Waals surface area contributed by atoms with E-state index >= 15 is 4.39 Å². The second-order valence-corrected chi connectivity index (χ2v) is 8.45. The first-order chi connectivity index (χ1) is 18.0. The van der Waals surface area contributed by atoms with Crippen molar-refractivity contribution in [1.82, 2.24) is 9.13 Å². The fourth-order valence-electron chi connectivity index (χ4n) is 4.25. The molecule has 198 valence electrons. The average Bonchev–Trinajstić information content (AvgIpc) is 2.88. The van der Waals surface area contributed by atoms with Crippen molar-refractivity contribution in [2.45, 2.75) is 26.2 Å². The van der Waals surface area contributed by atoms with E-state index in [1.54, 1.807) is 36.8 Å². The number of ether oxygens (including phenoxy) is 1. The Balaban J connectivity index is 0.00000420. The van der Waals surface area contributed by atoms with Crippen LogP contribution in [0.15, 0.2) is 76.3 Å². The minimum absolute atomic E-state index is 0. The molecular weight excluding hydrogens is 530 g/mol. The number of rotatable bonds is 7. The normalized spacial score (nSPS) is 11.2. The van der Waals surface area contributed by atoms with Crippen molar-refractivity contribution in [1.29, 1.82) is 0 Å². The van der Waals surface area contributed by atoms with E-state index in [0.717, 1.165) is 21.3 Å². The van der Waals surface area contributed by atoms with Crippen LogP contribution >= 0.6 is 0 Å². The summed E-state index contributed by atoms with van der Waals surface area (Å²) in [5, 5.41) is 0. The van der Waals surface area contributed by atoms with Crippen LogP contribution in [0.25, 0.3) is 11.1 Å². The number of methoxy groups -OCH3 is 1. The van der Waals surface area contributed by atoms with E-state index in [9.17, 15) is 27.2 Å². The molecule has 4 rings (SSSR count). The Morgan fingerprint density at radius 1 is 0.897 bits per heavy atom. The minimum atomic E-state index is -4.90. The van der Waals surface area contributed by atoms with E-state index in [-0.39, 0.29) is 58.7 Å². The zero-order valence-corrected chi connectivity index (χ0v) is 23.4. The van der Waals surface area contributed by atoms with Crippen LogP contribution in [0, 0.1) is 25.0 Å². The van der Waals surface area contributed by atoms with Gasteiger partial charge in [0.2, 0.25) is 0 Å². The summed E-state index contributed by atoms with van der Waals surface area (Å²) in [5.41, 5.74) is -3.78. The van der Waals surface area contributed by atoms with Gasteiger partial charge in [-0.25, -0.2) is 13.6 Å². The van der Waals surface area contributed by atoms with Gasteiger partial charge in [0, 0.05) is 23.4 Å². The molecule has 0 spiro atoms. The Morgan fingerprint density at radius 3 is 2.21 bits per heavy atom. The molecule has 39 heavy (non-hydrogen) atoms. The summed E-state index contributed by atoms with van der Waals surface area (Å²) in [6.45, 7) is 0.205. The first-order valence-electron chi connectivity index (χ1n) is 11.4. The van der Waals surface area contributed by atoms with Gasteiger partial charge < -0.3 is 4.74 Å². The molecular formula is C28H22F5N2NaO3. The molecule has 0 aliphatic carbocycles. The SMILES string of the molecule is COc1cccc(-c2c(C)n(Cc3c(F)cccc3C(F)(F)F)c(=O)n(C[CH-]c3ccccc3)c2=O)c1F.[Na+]. The van der Waals surface area contributed by atoms with Crippen LogP contribution in [0.4, 0.5) is 22.0 Å². The Kier molecular flexibility index (Phi) is 9.47. The van der Waals surface area contributed by atoms with Crippen molar-refractivity contribution < 1.29 is 56.2 Å². The summed E-state index contributed by atoms with van der Waals surface area (Å²) >= 11 is 0. The number of aromatic nitrogens is 2. The summed E-state index contributed by atoms with van der Waals surface area (Å²) in [7, 11) is 1.24. The number of alkyl halides is 3. The quantitative estimate of drug-likeness (QED) is 0.201. The Hall–Kier alpha value is -3.34. The van der Waals surface area contributed by atoms with Gasteiger partial charge in [-0.3, -0.25) is 13.9 Å². The van der Waals surface area contributed by atoms with Crippen LogP contribution in [0.3, 0.4) is 0 Å². The predicted octanol–water partition coefficient (Wildman–Crippen LogP) is 2.60. The van der Waals surface area contributed by atoms with Gasteiger partial charge in [0.25, 0.3) is 5.56 Å². The largest absolute Gasteiger partial charge is 1.00 e. The number of nitrogens with zero attached hydrogens (tertiary/aromatic N) is 2. The Morgan fingerprint density at radius 2 is 1.56 bits per heavy atom. The molecule has 0 radical (unpaired) electrons. The van der Waals surface area contributed by atoms with Crippen molar-refractivity contribution >= 4 is 0 Å². The first kappa shape index (κ1) is 30.2. The standard InChI is InChI=1S/C28H22F5N2O3.Na/c1-17-24(19-10-6-13-23(38-2)25(19)30)26(36)34(15-14-18-8-4-3-5-9-18)27(37)35(17)16-20-21(28(31,32)33)11-7-12-22(20)29;/h3-14H,15-16H2,1-2H3;/q-1;+1. The van der Waals surface area contributed by atoms with Gasteiger partial charge in [-0.15, -0.1) is 12.1 Å². The fourth-order valence-corrected chi connectivity index (χ4v) is 4.25. The van der Waals surface area contributed by atoms with Gasteiger partial charge in [0.05, 0.1) is 24.8 Å². The van der Waals surface area contributed by atoms with Crippen molar-refractivity contribution in [3.63, 3.8) is 0 Å². The molecule has 0 atom stereocenters. The summed E-state index contributed by atoms with van der Waals surface area (Å²) in [5.74, 6) is -2.23. The molecule has 0 unspecified atom stereocenters. The van der Waals surface area contributed by atoms with Gasteiger partial charge in [-0.1, -0.05) is 24.3 Å². The summed E-state index contributed by atoms with van der Waals surface area (Å²) in [4.78, 5) is 27.0. The van der Waals surface area contributed by atoms with Crippen LogP contribution in [-0.4, -0.2) is 16.2 Å². The number of hydrogen-bond acceptors (Lipinski definition) is 3. The molecule has 0 saturated carbocycles. The van der Waals surface area contributed by atoms with E-state index in [2.05, 4.69) is 0 Å². The van der Waals surface area contributed by atoms with Crippen molar-refractivity contribution in [3.8, 4) is 16.9 Å². The van der Waals surface area contributed by atoms with Gasteiger partial charge in [-0.2, -0.15) is 37.3 Å². The molecule has 0 aliphatic rings. The topological polar surface area (TPSA) is 53.2 Å². The third-order valence-electron chi connectivity index (χ3n) is 6.19. The van der Waals surface area contributed by atoms with Crippen LogP contribution in [0.1, 0.15) is 22.4 Å². The van der Waals surface area contributed by atoms with Crippen molar-refractivity contribution in [2.24, 2.45) is 0 Å². The van der Waals surface area contributed by atoms with Crippen molar-refractivity contribution in [3.05, 3.63) is 128 Å². The van der Waals surface area contributed by atoms with Gasteiger partial charge in [0.15, 0.2) is 11.6 Å². The predicted molar refractivity (Wildman–Crippen MR) is 132 cm³/mol. The summed E-state index contributed by atoms with van der Waals surface area (Å²) in [6, 6.07) is 15.3. The van der Waals surface area contributed by atoms with Gasteiger partial charge in [-0.05, 0) is 25.1 Å². The second kappa shape index (κ2) is 12.2. The molecule has 3 aromatic carbocycles. The van der Waals surface area contributed by atoms with E-state index in [1.807, 2.05) is 0 Å². The van der Waals surface area contributed by atoms with Crippen LogP contribution in [-0.2, 0) is 19.3 Å². The zero-order chi connectivity index (χ0) is 27.6. The minimum Gasteiger partial charge on any atom is -0.494 e. The molecule has 1 heterocycles. The zero-order valence-electron chi connectivity index (χ0n) is 21.4. The Labute approximate surface area is 242 Å². The van der Waals surface area contributed by atoms with Crippen LogP contribution in [0.5, 0.6) is 5.75 Å². The molecule has 0 aliphatic heterocycles. The van der Waals surface area contributed by atoms with Gasteiger partial charge in [0.1, 0.15) is 5.82 Å². The third-order valence-corrected chi connectivity index (χ3v) is 6.19. The van der Waals surface area contributed by atoms with Crippen molar-refractivity contribution in [2.75, 3.05) is 7.11 Å². The molecule has 0 bridgehead atoms. The van der Waals surface area contributed by atoms with Crippen LogP contribution in [0.2, 0.25) is 0 Å². The number of benzene rings is 3. The van der Waals surface area contributed by atoms with E-state index in [0.29, 0.717) is 11.6 Å². The molecule has 11 heteroatoms. The maximum atomic E-state index is 15.3. The summed E-state index contributed by atoms with van der Waals surface area (Å²) < 4.78 is 77.7. The van der Waals surface area contributed by atoms with E-state index < -0.39 is 46.7 Å². The Bertz CT molecular complexity index is 1600. The molecule has 0 saturated heterocycles. The number of halogens is 5. The first-order valence-corrected chi connectivity index (χ1v) is 11.4. The average molecular weight is 552 g/mol. The maximum Gasteiger partial charge on any atom is 1.00 e. The third kappa shape index (κ3) is 6.13. The molecule has 0 amide bonds. The molecule has 0 fully saturated rings. The number of hydrogen-bond donors (Lipinski definition) is 0. The maximum absolute atomic E-state index is 15.3. The molecule has 1 aromatic heterocycles. The molecule has 5 nitrogen and oxygen atoms in total. The monoisotopic (exact) mass is 552 g/mol. The molecule has 0 N–H and O–H groups in total. The summed E-state index contributed by atoms with van der Waals surface area (Å²) in [6.07, 6.45) is -3.33. The molecule has 4 aromatic rings. The fraction of sp³-hybridized carbons (Fsp3) is 0.179.